The summed E-state index contributed by atoms with van der Waals surface area (Å²) in [6, 6.07) is 10.9. The molecule has 8 heteroatoms. The fourth-order valence-electron chi connectivity index (χ4n) is 3.18. The lowest BCUT2D eigenvalue weighted by molar-refractivity contribution is 0.0730. The first kappa shape index (κ1) is 21.4. The molecule has 2 aromatic carbocycles. The summed E-state index contributed by atoms with van der Waals surface area (Å²) in [5, 5.41) is 2.84. The van der Waals surface area contributed by atoms with Crippen LogP contribution in [-0.4, -0.2) is 51.5 Å². The summed E-state index contributed by atoms with van der Waals surface area (Å²) in [6.45, 7) is 3.57. The highest BCUT2D eigenvalue weighted by Gasteiger charge is 2.27. The number of rotatable bonds is 7. The van der Waals surface area contributed by atoms with Crippen molar-refractivity contribution in [1.82, 2.24) is 9.62 Å². The van der Waals surface area contributed by atoms with E-state index in [1.165, 1.54) is 28.6 Å². The first-order valence-electron chi connectivity index (χ1n) is 9.59. The molecule has 1 aliphatic heterocycles. The Kier molecular flexibility index (Phi) is 7.00. The first-order valence-corrected chi connectivity index (χ1v) is 11.0. The third kappa shape index (κ3) is 5.41. The molecule has 0 spiro atoms. The molecule has 1 N–H and O–H groups in total. The van der Waals surface area contributed by atoms with E-state index in [-0.39, 0.29) is 16.6 Å². The lowest BCUT2D eigenvalue weighted by atomic mass is 10.1. The number of carbonyl (C=O) groups excluding carboxylic acids is 1. The molecule has 0 bridgehead atoms. The molecule has 0 saturated carbocycles. The van der Waals surface area contributed by atoms with Crippen molar-refractivity contribution in [3.05, 3.63) is 65.0 Å². The average Bonchev–Trinajstić information content (AvgIpc) is 2.73. The summed E-state index contributed by atoms with van der Waals surface area (Å²) in [5.74, 6) is -0.579. The normalized spacial score (nSPS) is 15.2. The highest BCUT2D eigenvalue weighted by Crippen LogP contribution is 2.20. The van der Waals surface area contributed by atoms with Gasteiger partial charge < -0.3 is 10.1 Å². The molecule has 29 heavy (non-hydrogen) atoms. The van der Waals surface area contributed by atoms with E-state index in [0.717, 1.165) is 5.56 Å². The second kappa shape index (κ2) is 9.47. The number of halogens is 1. The molecule has 0 aromatic heterocycles. The van der Waals surface area contributed by atoms with Crippen molar-refractivity contribution >= 4 is 15.9 Å². The number of nitrogens with one attached hydrogen (secondary N) is 1. The number of ether oxygens (including phenoxy) is 1. The maximum atomic E-state index is 12.9. The van der Waals surface area contributed by atoms with Crippen molar-refractivity contribution < 1.29 is 22.3 Å². The third-order valence-corrected chi connectivity index (χ3v) is 6.80. The van der Waals surface area contributed by atoms with Crippen LogP contribution in [0.2, 0.25) is 0 Å². The predicted molar refractivity (Wildman–Crippen MR) is 108 cm³/mol. The highest BCUT2D eigenvalue weighted by molar-refractivity contribution is 7.89. The zero-order chi connectivity index (χ0) is 20.9. The smallest absolute Gasteiger partial charge is 0.251 e. The zero-order valence-corrected chi connectivity index (χ0v) is 17.2. The van der Waals surface area contributed by atoms with Crippen LogP contribution in [0.3, 0.4) is 0 Å². The summed E-state index contributed by atoms with van der Waals surface area (Å²) in [5.41, 5.74) is 2.05. The Hall–Kier alpha value is -2.29. The van der Waals surface area contributed by atoms with Crippen LogP contribution in [-0.2, 0) is 21.2 Å². The van der Waals surface area contributed by atoms with Gasteiger partial charge in [-0.25, -0.2) is 12.8 Å². The number of aryl methyl sites for hydroxylation is 2. The predicted octanol–water partition coefficient (Wildman–Crippen LogP) is 2.52. The van der Waals surface area contributed by atoms with E-state index in [9.17, 15) is 17.6 Å². The van der Waals surface area contributed by atoms with Crippen molar-refractivity contribution in [3.8, 4) is 0 Å². The molecular formula is C21H25FN2O4S. The molecule has 2 aromatic rings. The van der Waals surface area contributed by atoms with Crippen molar-refractivity contribution in [2.45, 2.75) is 24.7 Å². The van der Waals surface area contributed by atoms with Crippen LogP contribution >= 0.6 is 0 Å². The quantitative estimate of drug-likeness (QED) is 0.699. The van der Waals surface area contributed by atoms with Gasteiger partial charge in [0, 0.05) is 25.2 Å². The maximum absolute atomic E-state index is 12.9. The van der Waals surface area contributed by atoms with E-state index in [1.807, 2.05) is 0 Å². The van der Waals surface area contributed by atoms with Crippen LogP contribution in [0.5, 0.6) is 0 Å². The Bertz CT molecular complexity index is 955. The van der Waals surface area contributed by atoms with Gasteiger partial charge in [-0.2, -0.15) is 4.31 Å². The lowest BCUT2D eigenvalue weighted by Crippen LogP contribution is -2.40. The Balaban J connectivity index is 1.62. The first-order chi connectivity index (χ1) is 13.9. The van der Waals surface area contributed by atoms with Gasteiger partial charge in [-0.3, -0.25) is 4.79 Å². The van der Waals surface area contributed by atoms with Crippen molar-refractivity contribution in [1.29, 1.82) is 0 Å². The maximum Gasteiger partial charge on any atom is 0.251 e. The van der Waals surface area contributed by atoms with Gasteiger partial charge in [0.05, 0.1) is 18.1 Å². The van der Waals surface area contributed by atoms with Crippen LogP contribution < -0.4 is 5.32 Å². The molecule has 0 unspecified atom stereocenters. The Morgan fingerprint density at radius 3 is 2.52 bits per heavy atom. The van der Waals surface area contributed by atoms with Gasteiger partial charge >= 0.3 is 0 Å². The second-order valence-corrected chi connectivity index (χ2v) is 8.92. The lowest BCUT2D eigenvalue weighted by Gasteiger charge is -2.26. The van der Waals surface area contributed by atoms with Gasteiger partial charge in [-0.05, 0) is 55.2 Å². The minimum Gasteiger partial charge on any atom is -0.379 e. The highest BCUT2D eigenvalue weighted by atomic mass is 32.2. The number of amides is 1. The van der Waals surface area contributed by atoms with E-state index in [1.54, 1.807) is 25.1 Å². The van der Waals surface area contributed by atoms with Gasteiger partial charge in [0.15, 0.2) is 0 Å². The fourth-order valence-corrected chi connectivity index (χ4v) is 4.62. The number of hydrogen-bond acceptors (Lipinski definition) is 4. The number of sulfonamides is 1. The van der Waals surface area contributed by atoms with Crippen LogP contribution in [0, 0.1) is 12.7 Å². The van der Waals surface area contributed by atoms with Gasteiger partial charge in [-0.1, -0.05) is 18.2 Å². The van der Waals surface area contributed by atoms with E-state index in [4.69, 9.17) is 4.74 Å². The second-order valence-electron chi connectivity index (χ2n) is 6.98. The zero-order valence-electron chi connectivity index (χ0n) is 16.4. The van der Waals surface area contributed by atoms with Gasteiger partial charge in [-0.15, -0.1) is 0 Å². The molecule has 6 nitrogen and oxygen atoms in total. The SMILES string of the molecule is Cc1ccc(S(=O)(=O)N2CCOCC2)cc1C(=O)NCCCc1ccc(F)cc1. The van der Waals surface area contributed by atoms with Crippen molar-refractivity contribution in [3.63, 3.8) is 0 Å². The molecule has 156 valence electrons. The summed E-state index contributed by atoms with van der Waals surface area (Å²) >= 11 is 0. The minimum absolute atomic E-state index is 0.112. The monoisotopic (exact) mass is 420 g/mol. The van der Waals surface area contributed by atoms with Gasteiger partial charge in [0.1, 0.15) is 5.82 Å². The molecule has 1 amide bonds. The fraction of sp³-hybridized carbons (Fsp3) is 0.381. The molecule has 0 atom stereocenters. The van der Waals surface area contributed by atoms with E-state index >= 15 is 0 Å². The number of benzene rings is 2. The van der Waals surface area contributed by atoms with E-state index in [2.05, 4.69) is 5.32 Å². The summed E-state index contributed by atoms with van der Waals surface area (Å²) in [7, 11) is -3.66. The van der Waals surface area contributed by atoms with E-state index in [0.29, 0.717) is 56.8 Å². The summed E-state index contributed by atoms with van der Waals surface area (Å²) in [4.78, 5) is 12.7. The molecule has 3 rings (SSSR count). The molecule has 1 fully saturated rings. The summed E-state index contributed by atoms with van der Waals surface area (Å²) < 4.78 is 45.2. The summed E-state index contributed by atoms with van der Waals surface area (Å²) in [6.07, 6.45) is 1.41. The Morgan fingerprint density at radius 1 is 1.14 bits per heavy atom. The van der Waals surface area contributed by atoms with Gasteiger partial charge in [0.25, 0.3) is 5.91 Å². The van der Waals surface area contributed by atoms with Crippen LogP contribution in [0.1, 0.15) is 27.9 Å². The van der Waals surface area contributed by atoms with Crippen molar-refractivity contribution in [2.75, 3.05) is 32.8 Å². The third-order valence-electron chi connectivity index (χ3n) is 4.90. The molecule has 1 aliphatic rings. The topological polar surface area (TPSA) is 75.7 Å². The van der Waals surface area contributed by atoms with Crippen LogP contribution in [0.15, 0.2) is 47.4 Å². The Morgan fingerprint density at radius 2 is 1.83 bits per heavy atom. The molecule has 0 aliphatic carbocycles. The minimum atomic E-state index is -3.66. The van der Waals surface area contributed by atoms with Gasteiger partial charge in [0.2, 0.25) is 10.0 Å². The molecular weight excluding hydrogens is 395 g/mol. The molecule has 0 radical (unpaired) electrons. The standard InChI is InChI=1S/C21H25FN2O4S/c1-16-4-9-19(29(26,27)24-11-13-28-14-12-24)15-20(16)21(25)23-10-2-3-17-5-7-18(22)8-6-17/h4-9,15H,2-3,10-14H2,1H3,(H,23,25). The number of morpholine rings is 1. The number of nitrogens with zero attached hydrogens (tertiary/aromatic N) is 1. The molecule has 1 saturated heterocycles. The average molecular weight is 421 g/mol. The molecule has 1 heterocycles. The van der Waals surface area contributed by atoms with E-state index < -0.39 is 10.0 Å². The largest absolute Gasteiger partial charge is 0.379 e. The van der Waals surface area contributed by atoms with Crippen molar-refractivity contribution in [2.24, 2.45) is 0 Å². The van der Waals surface area contributed by atoms with Crippen LogP contribution in [0.25, 0.3) is 0 Å². The number of carbonyl (C=O) groups is 1. The Labute approximate surface area is 170 Å². The van der Waals surface area contributed by atoms with Crippen LogP contribution in [0.4, 0.5) is 4.39 Å². The number of hydrogen-bond donors (Lipinski definition) is 1.